The second-order valence-electron chi connectivity index (χ2n) is 6.04. The highest BCUT2D eigenvalue weighted by molar-refractivity contribution is 7.92. The average molecular weight is 380 g/mol. The summed E-state index contributed by atoms with van der Waals surface area (Å²) in [5, 5.41) is 0. The van der Waals surface area contributed by atoms with Crippen molar-refractivity contribution in [3.8, 4) is 0 Å². The number of para-hydroxylation sites is 1. The smallest absolute Gasteiger partial charge is 0.264 e. The SMILES string of the molecule is CN(C(=O)c1cccc(N(C)S(=O)(=O)c2ccccc2)c1)c1ccccc1. The van der Waals surface area contributed by atoms with Gasteiger partial charge in [0.25, 0.3) is 15.9 Å². The quantitative estimate of drug-likeness (QED) is 0.677. The van der Waals surface area contributed by atoms with Crippen molar-refractivity contribution >= 4 is 27.3 Å². The van der Waals surface area contributed by atoms with Gasteiger partial charge in [-0.25, -0.2) is 8.42 Å². The Morgan fingerprint density at radius 3 is 1.93 bits per heavy atom. The van der Waals surface area contributed by atoms with E-state index in [1.54, 1.807) is 61.6 Å². The first kappa shape index (κ1) is 18.7. The van der Waals surface area contributed by atoms with Gasteiger partial charge in [-0.05, 0) is 42.5 Å². The Hall–Kier alpha value is -3.12. The molecule has 0 bridgehead atoms. The van der Waals surface area contributed by atoms with Crippen molar-refractivity contribution in [2.75, 3.05) is 23.3 Å². The molecule has 0 aliphatic heterocycles. The molecule has 0 aromatic heterocycles. The maximum absolute atomic E-state index is 12.8. The maximum Gasteiger partial charge on any atom is 0.264 e. The van der Waals surface area contributed by atoms with E-state index in [9.17, 15) is 13.2 Å². The molecule has 3 rings (SSSR count). The molecular weight excluding hydrogens is 360 g/mol. The Balaban J connectivity index is 1.90. The number of carbonyl (C=O) groups is 1. The van der Waals surface area contributed by atoms with Gasteiger partial charge in [-0.2, -0.15) is 0 Å². The highest BCUT2D eigenvalue weighted by Crippen LogP contribution is 2.24. The lowest BCUT2D eigenvalue weighted by molar-refractivity contribution is 0.0993. The Labute approximate surface area is 159 Å². The van der Waals surface area contributed by atoms with Gasteiger partial charge in [-0.15, -0.1) is 0 Å². The lowest BCUT2D eigenvalue weighted by Gasteiger charge is -2.21. The van der Waals surface area contributed by atoms with Gasteiger partial charge in [0.05, 0.1) is 10.6 Å². The summed E-state index contributed by atoms with van der Waals surface area (Å²) in [5.41, 5.74) is 1.60. The molecule has 0 aliphatic carbocycles. The van der Waals surface area contributed by atoms with Crippen molar-refractivity contribution in [3.05, 3.63) is 90.5 Å². The van der Waals surface area contributed by atoms with Crippen molar-refractivity contribution < 1.29 is 13.2 Å². The Morgan fingerprint density at radius 1 is 0.741 bits per heavy atom. The second-order valence-corrected chi connectivity index (χ2v) is 8.00. The van der Waals surface area contributed by atoms with Crippen molar-refractivity contribution in [3.63, 3.8) is 0 Å². The predicted molar refractivity (Wildman–Crippen MR) is 108 cm³/mol. The van der Waals surface area contributed by atoms with E-state index >= 15 is 0 Å². The van der Waals surface area contributed by atoms with Gasteiger partial charge >= 0.3 is 0 Å². The molecular formula is C21H20N2O3S. The summed E-state index contributed by atoms with van der Waals surface area (Å²) in [6, 6.07) is 24.1. The molecule has 0 heterocycles. The third kappa shape index (κ3) is 3.85. The molecule has 0 N–H and O–H groups in total. The van der Waals surface area contributed by atoms with E-state index in [-0.39, 0.29) is 10.8 Å². The lowest BCUT2D eigenvalue weighted by atomic mass is 10.1. The van der Waals surface area contributed by atoms with Gasteiger partial charge in [0.2, 0.25) is 0 Å². The summed E-state index contributed by atoms with van der Waals surface area (Å²) in [4.78, 5) is 14.5. The molecule has 0 atom stereocenters. The summed E-state index contributed by atoms with van der Waals surface area (Å²) >= 11 is 0. The Morgan fingerprint density at radius 2 is 1.30 bits per heavy atom. The van der Waals surface area contributed by atoms with E-state index in [0.29, 0.717) is 11.3 Å². The minimum Gasteiger partial charge on any atom is -0.311 e. The van der Waals surface area contributed by atoms with E-state index < -0.39 is 10.0 Å². The number of hydrogen-bond donors (Lipinski definition) is 0. The van der Waals surface area contributed by atoms with Crippen LogP contribution in [0, 0.1) is 0 Å². The first-order valence-corrected chi connectivity index (χ1v) is 9.82. The van der Waals surface area contributed by atoms with Crippen LogP contribution in [0.5, 0.6) is 0 Å². The molecule has 0 saturated heterocycles. The number of sulfonamides is 1. The summed E-state index contributed by atoms with van der Waals surface area (Å²) in [5.74, 6) is -0.214. The van der Waals surface area contributed by atoms with E-state index in [2.05, 4.69) is 0 Å². The molecule has 0 saturated carbocycles. The third-order valence-electron chi connectivity index (χ3n) is 4.31. The Bertz CT molecular complexity index is 1040. The van der Waals surface area contributed by atoms with E-state index in [4.69, 9.17) is 0 Å². The predicted octanol–water partition coefficient (Wildman–Crippen LogP) is 3.79. The number of amides is 1. The molecule has 138 valence electrons. The zero-order valence-corrected chi connectivity index (χ0v) is 15.9. The summed E-state index contributed by atoms with van der Waals surface area (Å²) < 4.78 is 26.8. The molecule has 5 nitrogen and oxygen atoms in total. The van der Waals surface area contributed by atoms with Crippen LogP contribution in [0.15, 0.2) is 89.8 Å². The fraction of sp³-hybridized carbons (Fsp3) is 0.0952. The fourth-order valence-corrected chi connectivity index (χ4v) is 3.90. The number of hydrogen-bond acceptors (Lipinski definition) is 3. The largest absolute Gasteiger partial charge is 0.311 e. The highest BCUT2D eigenvalue weighted by atomic mass is 32.2. The van der Waals surface area contributed by atoms with Crippen LogP contribution in [0.4, 0.5) is 11.4 Å². The first-order chi connectivity index (χ1) is 12.9. The fourth-order valence-electron chi connectivity index (χ4n) is 2.69. The van der Waals surface area contributed by atoms with Gasteiger partial charge in [0.15, 0.2) is 0 Å². The van der Waals surface area contributed by atoms with Gasteiger partial charge in [0.1, 0.15) is 0 Å². The van der Waals surface area contributed by atoms with Crippen molar-refractivity contribution in [1.29, 1.82) is 0 Å². The molecule has 3 aromatic rings. The molecule has 0 aliphatic rings. The van der Waals surface area contributed by atoms with Crippen molar-refractivity contribution in [1.82, 2.24) is 0 Å². The zero-order valence-electron chi connectivity index (χ0n) is 15.1. The molecule has 27 heavy (non-hydrogen) atoms. The molecule has 0 unspecified atom stereocenters. The number of rotatable bonds is 5. The average Bonchev–Trinajstić information content (AvgIpc) is 2.73. The Kier molecular flexibility index (Phi) is 5.28. The summed E-state index contributed by atoms with van der Waals surface area (Å²) in [6.07, 6.45) is 0. The molecule has 0 spiro atoms. The molecule has 0 radical (unpaired) electrons. The van der Waals surface area contributed by atoms with Crippen molar-refractivity contribution in [2.45, 2.75) is 4.90 Å². The number of anilines is 2. The highest BCUT2D eigenvalue weighted by Gasteiger charge is 2.22. The van der Waals surface area contributed by atoms with Crippen LogP contribution in [0.25, 0.3) is 0 Å². The van der Waals surface area contributed by atoms with Crippen LogP contribution in [0.3, 0.4) is 0 Å². The van der Waals surface area contributed by atoms with Crippen LogP contribution in [0.2, 0.25) is 0 Å². The number of benzene rings is 3. The topological polar surface area (TPSA) is 57.7 Å². The van der Waals surface area contributed by atoms with Crippen molar-refractivity contribution in [2.24, 2.45) is 0 Å². The normalized spacial score (nSPS) is 11.0. The molecule has 3 aromatic carbocycles. The van der Waals surface area contributed by atoms with Gasteiger partial charge in [-0.3, -0.25) is 9.10 Å². The van der Waals surface area contributed by atoms with Crippen LogP contribution >= 0.6 is 0 Å². The third-order valence-corrected chi connectivity index (χ3v) is 6.11. The number of nitrogens with zero attached hydrogens (tertiary/aromatic N) is 2. The second kappa shape index (κ2) is 7.63. The monoisotopic (exact) mass is 380 g/mol. The molecule has 1 amide bonds. The molecule has 6 heteroatoms. The van der Waals surface area contributed by atoms with E-state index in [0.717, 1.165) is 5.69 Å². The van der Waals surface area contributed by atoms with Crippen LogP contribution in [0.1, 0.15) is 10.4 Å². The van der Waals surface area contributed by atoms with Gasteiger partial charge in [0, 0.05) is 25.3 Å². The standard InChI is InChI=1S/C21H20N2O3S/c1-22(18-11-5-3-6-12-18)21(24)17-10-9-13-19(16-17)23(2)27(25,26)20-14-7-4-8-15-20/h3-16H,1-2H3. The summed E-state index contributed by atoms with van der Waals surface area (Å²) in [6.45, 7) is 0. The number of carbonyl (C=O) groups excluding carboxylic acids is 1. The van der Waals surface area contributed by atoms with E-state index in [1.165, 1.54) is 16.3 Å². The first-order valence-electron chi connectivity index (χ1n) is 8.38. The zero-order chi connectivity index (χ0) is 19.4. The van der Waals surface area contributed by atoms with E-state index in [1.807, 2.05) is 30.3 Å². The van der Waals surface area contributed by atoms with Gasteiger partial charge in [-0.1, -0.05) is 42.5 Å². The summed E-state index contributed by atoms with van der Waals surface area (Å²) in [7, 11) is -0.530. The minimum absolute atomic E-state index is 0.200. The van der Waals surface area contributed by atoms with Crippen LogP contribution in [-0.4, -0.2) is 28.4 Å². The maximum atomic E-state index is 12.8. The lowest BCUT2D eigenvalue weighted by Crippen LogP contribution is -2.28. The van der Waals surface area contributed by atoms with Crippen LogP contribution in [-0.2, 0) is 10.0 Å². The minimum atomic E-state index is -3.70. The van der Waals surface area contributed by atoms with Crippen LogP contribution < -0.4 is 9.21 Å². The molecule has 0 fully saturated rings. The van der Waals surface area contributed by atoms with Gasteiger partial charge < -0.3 is 4.90 Å².